The molecular formula is C24H41N3OS. The van der Waals surface area contributed by atoms with E-state index in [1.165, 1.54) is 25.7 Å². The summed E-state index contributed by atoms with van der Waals surface area (Å²) in [5, 5.41) is 3.58. The number of carbonyl (C=O) groups excluding carboxylic acids is 1. The van der Waals surface area contributed by atoms with Gasteiger partial charge in [-0.3, -0.25) is 9.52 Å². The van der Waals surface area contributed by atoms with Crippen LogP contribution in [-0.2, 0) is 0 Å². The van der Waals surface area contributed by atoms with E-state index in [1.54, 1.807) is 0 Å². The normalized spacial score (nSPS) is 20.2. The van der Waals surface area contributed by atoms with Crippen LogP contribution >= 0.6 is 11.9 Å². The van der Waals surface area contributed by atoms with Crippen molar-refractivity contribution in [1.29, 1.82) is 0 Å². The largest absolute Gasteiger partial charge is 0.385 e. The Bertz CT molecular complexity index is 621. The zero-order valence-corrected chi connectivity index (χ0v) is 20.2. The van der Waals surface area contributed by atoms with E-state index in [9.17, 15) is 4.79 Å². The summed E-state index contributed by atoms with van der Waals surface area (Å²) in [7, 11) is 0. The lowest BCUT2D eigenvalue weighted by Gasteiger charge is -2.31. The molecule has 2 N–H and O–H groups in total. The SMILES string of the molecule is CC(C)N(C(=O)c1ccc(NC[C@H]2CC[C@H](NSC(C)(C)C)CC2)cc1)C(C)C. The van der Waals surface area contributed by atoms with Gasteiger partial charge in [-0.15, -0.1) is 0 Å². The summed E-state index contributed by atoms with van der Waals surface area (Å²) in [6.07, 6.45) is 5.04. The van der Waals surface area contributed by atoms with Crippen LogP contribution < -0.4 is 10.0 Å². The molecule has 0 radical (unpaired) electrons. The van der Waals surface area contributed by atoms with Crippen LogP contribution in [0.2, 0.25) is 0 Å². The van der Waals surface area contributed by atoms with Crippen LogP contribution in [0.25, 0.3) is 0 Å². The summed E-state index contributed by atoms with van der Waals surface area (Å²) in [4.78, 5) is 14.7. The molecule has 0 bridgehead atoms. The van der Waals surface area contributed by atoms with Crippen LogP contribution in [0.3, 0.4) is 0 Å². The molecular weight excluding hydrogens is 378 g/mol. The van der Waals surface area contributed by atoms with Crippen molar-refractivity contribution in [3.8, 4) is 0 Å². The summed E-state index contributed by atoms with van der Waals surface area (Å²) in [6.45, 7) is 16.0. The Kier molecular flexibility index (Phi) is 8.90. The lowest BCUT2D eigenvalue weighted by Crippen LogP contribution is -2.42. The Morgan fingerprint density at radius 1 is 1.03 bits per heavy atom. The summed E-state index contributed by atoms with van der Waals surface area (Å²) >= 11 is 1.86. The minimum absolute atomic E-state index is 0.112. The summed E-state index contributed by atoms with van der Waals surface area (Å²) in [5.74, 6) is 0.840. The predicted octanol–water partition coefficient (Wildman–Crippen LogP) is 5.95. The number of hydrogen-bond donors (Lipinski definition) is 2. The van der Waals surface area contributed by atoms with E-state index in [0.717, 1.165) is 23.7 Å². The number of amides is 1. The minimum atomic E-state index is 0.112. The maximum atomic E-state index is 12.8. The molecule has 1 saturated carbocycles. The van der Waals surface area contributed by atoms with Crippen LogP contribution in [0.1, 0.15) is 84.5 Å². The zero-order valence-electron chi connectivity index (χ0n) is 19.4. The van der Waals surface area contributed by atoms with E-state index in [4.69, 9.17) is 0 Å². The van der Waals surface area contributed by atoms with Crippen LogP contribution in [0, 0.1) is 5.92 Å². The maximum Gasteiger partial charge on any atom is 0.254 e. The van der Waals surface area contributed by atoms with Gasteiger partial charge in [0.25, 0.3) is 5.91 Å². The molecule has 0 atom stereocenters. The van der Waals surface area contributed by atoms with Crippen LogP contribution in [-0.4, -0.2) is 40.2 Å². The van der Waals surface area contributed by atoms with Crippen molar-refractivity contribution in [2.75, 3.05) is 11.9 Å². The first-order valence-electron chi connectivity index (χ1n) is 11.2. The van der Waals surface area contributed by atoms with Gasteiger partial charge in [-0.2, -0.15) is 0 Å². The lowest BCUT2D eigenvalue weighted by atomic mass is 9.86. The van der Waals surface area contributed by atoms with Gasteiger partial charge in [-0.05, 0) is 104 Å². The molecule has 0 aliphatic heterocycles. The van der Waals surface area contributed by atoms with E-state index in [0.29, 0.717) is 6.04 Å². The minimum Gasteiger partial charge on any atom is -0.385 e. The molecule has 4 nitrogen and oxygen atoms in total. The Morgan fingerprint density at radius 2 is 1.59 bits per heavy atom. The van der Waals surface area contributed by atoms with Crippen molar-refractivity contribution >= 4 is 23.5 Å². The van der Waals surface area contributed by atoms with Gasteiger partial charge in [0.1, 0.15) is 0 Å². The van der Waals surface area contributed by atoms with Crippen molar-refractivity contribution in [3.05, 3.63) is 29.8 Å². The second-order valence-electron chi connectivity index (χ2n) is 9.91. The van der Waals surface area contributed by atoms with Crippen LogP contribution in [0.5, 0.6) is 0 Å². The third kappa shape index (κ3) is 7.86. The van der Waals surface area contributed by atoms with Crippen LogP contribution in [0.15, 0.2) is 24.3 Å². The summed E-state index contributed by atoms with van der Waals surface area (Å²) < 4.78 is 3.93. The molecule has 1 amide bonds. The molecule has 0 spiro atoms. The van der Waals surface area contributed by atoms with Crippen molar-refractivity contribution in [3.63, 3.8) is 0 Å². The molecule has 1 aromatic rings. The van der Waals surface area contributed by atoms with Crippen molar-refractivity contribution in [2.24, 2.45) is 5.92 Å². The number of carbonyl (C=O) groups is 1. The van der Waals surface area contributed by atoms with E-state index in [2.05, 4.69) is 58.5 Å². The van der Waals surface area contributed by atoms with Crippen molar-refractivity contribution in [2.45, 2.75) is 97.0 Å². The zero-order chi connectivity index (χ0) is 21.6. The van der Waals surface area contributed by atoms with E-state index < -0.39 is 0 Å². The average molecular weight is 420 g/mol. The van der Waals surface area contributed by atoms with Gasteiger partial charge in [0.2, 0.25) is 0 Å². The number of rotatable bonds is 8. The Morgan fingerprint density at radius 3 is 2.07 bits per heavy atom. The summed E-state index contributed by atoms with van der Waals surface area (Å²) in [6, 6.07) is 9.03. The first kappa shape index (κ1) is 24.1. The Labute approximate surface area is 182 Å². The molecule has 0 heterocycles. The molecule has 0 aromatic heterocycles. The van der Waals surface area contributed by atoms with Crippen molar-refractivity contribution in [1.82, 2.24) is 9.62 Å². The van der Waals surface area contributed by atoms with Gasteiger partial charge in [0.15, 0.2) is 0 Å². The highest BCUT2D eigenvalue weighted by atomic mass is 32.2. The number of hydrogen-bond acceptors (Lipinski definition) is 4. The molecule has 1 aliphatic rings. The highest BCUT2D eigenvalue weighted by Gasteiger charge is 2.23. The molecule has 164 valence electrons. The first-order valence-corrected chi connectivity index (χ1v) is 12.0. The van der Waals surface area contributed by atoms with Gasteiger partial charge in [-0.1, -0.05) is 11.9 Å². The van der Waals surface area contributed by atoms with Gasteiger partial charge >= 0.3 is 0 Å². The highest BCUT2D eigenvalue weighted by Crippen LogP contribution is 2.28. The number of nitrogens with one attached hydrogen (secondary N) is 2. The van der Waals surface area contributed by atoms with Crippen LogP contribution in [0.4, 0.5) is 5.69 Å². The fraction of sp³-hybridized carbons (Fsp3) is 0.708. The van der Waals surface area contributed by atoms with E-state index in [-0.39, 0.29) is 22.7 Å². The smallest absolute Gasteiger partial charge is 0.254 e. The first-order chi connectivity index (χ1) is 13.6. The lowest BCUT2D eigenvalue weighted by molar-refractivity contribution is 0.0644. The second-order valence-corrected chi connectivity index (χ2v) is 11.6. The topological polar surface area (TPSA) is 44.4 Å². The predicted molar refractivity (Wildman–Crippen MR) is 128 cm³/mol. The Hall–Kier alpha value is -1.20. The standard InChI is InChI=1S/C24H41N3OS/c1-17(2)27(18(3)4)23(28)20-10-14-21(15-11-20)25-16-19-8-12-22(13-9-19)26-29-24(5,6)7/h10-11,14-15,17-19,22,25-26H,8-9,12-13,16H2,1-7H3/t19-,22-. The van der Waals surface area contributed by atoms with Gasteiger partial charge in [-0.25, -0.2) is 0 Å². The third-order valence-corrected chi connectivity index (χ3v) is 6.52. The maximum absolute atomic E-state index is 12.8. The molecule has 5 heteroatoms. The second kappa shape index (κ2) is 10.7. The molecule has 2 rings (SSSR count). The average Bonchev–Trinajstić information content (AvgIpc) is 2.64. The number of anilines is 1. The highest BCUT2D eigenvalue weighted by molar-refractivity contribution is 7.98. The van der Waals surface area contributed by atoms with Crippen molar-refractivity contribution < 1.29 is 4.79 Å². The van der Waals surface area contributed by atoms with E-state index in [1.807, 2.05) is 41.1 Å². The number of nitrogens with zero attached hydrogens (tertiary/aromatic N) is 1. The number of benzene rings is 1. The van der Waals surface area contributed by atoms with Gasteiger partial charge in [0, 0.05) is 40.7 Å². The van der Waals surface area contributed by atoms with E-state index >= 15 is 0 Å². The monoisotopic (exact) mass is 419 g/mol. The quantitative estimate of drug-likeness (QED) is 0.511. The van der Waals surface area contributed by atoms with Gasteiger partial charge < -0.3 is 10.2 Å². The fourth-order valence-corrected chi connectivity index (χ4v) is 4.71. The summed E-state index contributed by atoms with van der Waals surface area (Å²) in [5.41, 5.74) is 1.87. The fourth-order valence-electron chi connectivity index (χ4n) is 3.95. The third-order valence-electron chi connectivity index (χ3n) is 5.45. The molecule has 1 aliphatic carbocycles. The molecule has 1 aromatic carbocycles. The molecule has 0 unspecified atom stereocenters. The molecule has 29 heavy (non-hydrogen) atoms. The molecule has 0 saturated heterocycles. The molecule has 1 fully saturated rings. The Balaban J connectivity index is 1.79. The van der Waals surface area contributed by atoms with Gasteiger partial charge in [0.05, 0.1) is 0 Å².